The maximum absolute atomic E-state index is 13.0. The third kappa shape index (κ3) is 4.51. The molecule has 0 radical (unpaired) electrons. The molecule has 1 saturated carbocycles. The number of aromatic nitrogens is 3. The van der Waals surface area contributed by atoms with Crippen molar-refractivity contribution in [1.29, 1.82) is 0 Å². The Morgan fingerprint density at radius 3 is 2.53 bits per heavy atom. The Morgan fingerprint density at radius 2 is 1.87 bits per heavy atom. The van der Waals surface area contributed by atoms with Crippen LogP contribution in [-0.4, -0.2) is 39.0 Å². The molecule has 0 spiro atoms. The maximum atomic E-state index is 13.0. The zero-order valence-electron chi connectivity index (χ0n) is 18.5. The van der Waals surface area contributed by atoms with E-state index in [9.17, 15) is 4.79 Å². The standard InChI is InChI=1S/C23H33N5OS/c1-15(2)19-10-8-9-16(3)20(19)24-21(29)17(4)30-23-26-25-22(28(23)18-11-12-18)27-13-6-5-7-14-27/h8-10,15,17-18H,5-7,11-14H2,1-4H3,(H,24,29). The second kappa shape index (κ2) is 9.00. The Labute approximate surface area is 183 Å². The Hall–Kier alpha value is -2.02. The van der Waals surface area contributed by atoms with Gasteiger partial charge in [0.2, 0.25) is 11.9 Å². The minimum absolute atomic E-state index is 0.0149. The number of nitrogens with one attached hydrogen (secondary N) is 1. The van der Waals surface area contributed by atoms with Gasteiger partial charge in [-0.25, -0.2) is 0 Å². The lowest BCUT2D eigenvalue weighted by atomic mass is 9.98. The summed E-state index contributed by atoms with van der Waals surface area (Å²) in [7, 11) is 0. The zero-order valence-corrected chi connectivity index (χ0v) is 19.3. The van der Waals surface area contributed by atoms with Gasteiger partial charge in [0.1, 0.15) is 0 Å². The number of carbonyl (C=O) groups is 1. The Kier molecular flexibility index (Phi) is 6.37. The average Bonchev–Trinajstić information content (AvgIpc) is 3.49. The molecule has 2 heterocycles. The number of hydrogen-bond donors (Lipinski definition) is 1. The summed E-state index contributed by atoms with van der Waals surface area (Å²) in [5.74, 6) is 1.36. The number of para-hydroxylation sites is 1. The van der Waals surface area contributed by atoms with Crippen molar-refractivity contribution in [2.75, 3.05) is 23.3 Å². The lowest BCUT2D eigenvalue weighted by molar-refractivity contribution is -0.115. The molecule has 30 heavy (non-hydrogen) atoms. The third-order valence-corrected chi connectivity index (χ3v) is 7.08. The summed E-state index contributed by atoms with van der Waals surface area (Å²) in [6.07, 6.45) is 6.08. The highest BCUT2D eigenvalue weighted by Gasteiger charge is 2.33. The molecule has 162 valence electrons. The summed E-state index contributed by atoms with van der Waals surface area (Å²) < 4.78 is 2.28. The van der Waals surface area contributed by atoms with E-state index in [1.165, 1.54) is 49.4 Å². The first-order chi connectivity index (χ1) is 14.5. The Morgan fingerprint density at radius 1 is 1.13 bits per heavy atom. The number of amides is 1. The second-order valence-electron chi connectivity index (χ2n) is 8.87. The number of anilines is 2. The Bertz CT molecular complexity index is 899. The lowest BCUT2D eigenvalue weighted by Crippen LogP contribution is -2.32. The summed E-state index contributed by atoms with van der Waals surface area (Å²) in [5.41, 5.74) is 3.22. The first-order valence-electron chi connectivity index (χ1n) is 11.2. The van der Waals surface area contributed by atoms with E-state index >= 15 is 0 Å². The van der Waals surface area contributed by atoms with E-state index in [1.807, 2.05) is 19.9 Å². The fraction of sp³-hybridized carbons (Fsp3) is 0.609. The van der Waals surface area contributed by atoms with Crippen LogP contribution in [0.1, 0.15) is 76.0 Å². The molecule has 2 aliphatic rings. The number of hydrogen-bond acceptors (Lipinski definition) is 5. The smallest absolute Gasteiger partial charge is 0.237 e. The molecule has 1 aliphatic carbocycles. The summed E-state index contributed by atoms with van der Waals surface area (Å²) in [6, 6.07) is 6.69. The van der Waals surface area contributed by atoms with Crippen LogP contribution in [0.25, 0.3) is 0 Å². The van der Waals surface area contributed by atoms with E-state index in [0.29, 0.717) is 12.0 Å². The highest BCUT2D eigenvalue weighted by Crippen LogP contribution is 2.42. The van der Waals surface area contributed by atoms with Crippen LogP contribution >= 0.6 is 11.8 Å². The minimum atomic E-state index is -0.250. The van der Waals surface area contributed by atoms with E-state index in [0.717, 1.165) is 35.4 Å². The first kappa shape index (κ1) is 21.2. The number of carbonyl (C=O) groups excluding carboxylic acids is 1. The van der Waals surface area contributed by atoms with Crippen LogP contribution < -0.4 is 10.2 Å². The zero-order chi connectivity index (χ0) is 21.3. The number of piperidine rings is 1. The highest BCUT2D eigenvalue weighted by atomic mass is 32.2. The molecular formula is C23H33N5OS. The van der Waals surface area contributed by atoms with E-state index in [2.05, 4.69) is 51.0 Å². The van der Waals surface area contributed by atoms with Gasteiger partial charge in [0, 0.05) is 24.8 Å². The van der Waals surface area contributed by atoms with Crippen LogP contribution in [-0.2, 0) is 4.79 Å². The third-order valence-electron chi connectivity index (χ3n) is 6.02. The van der Waals surface area contributed by atoms with E-state index in [4.69, 9.17) is 0 Å². The van der Waals surface area contributed by atoms with Crippen LogP contribution in [0, 0.1) is 6.92 Å². The molecule has 2 aromatic rings. The average molecular weight is 428 g/mol. The van der Waals surface area contributed by atoms with Gasteiger partial charge >= 0.3 is 0 Å². The Balaban J connectivity index is 1.50. The fourth-order valence-electron chi connectivity index (χ4n) is 4.09. The van der Waals surface area contributed by atoms with Crippen LogP contribution in [0.4, 0.5) is 11.6 Å². The van der Waals surface area contributed by atoms with Gasteiger partial charge in [-0.1, -0.05) is 43.8 Å². The molecule has 1 saturated heterocycles. The van der Waals surface area contributed by atoms with E-state index in [1.54, 1.807) is 0 Å². The van der Waals surface area contributed by atoms with E-state index in [-0.39, 0.29) is 11.2 Å². The minimum Gasteiger partial charge on any atom is -0.341 e. The predicted octanol–water partition coefficient (Wildman–Crippen LogP) is 5.15. The van der Waals surface area contributed by atoms with Gasteiger partial charge in [0.25, 0.3) is 0 Å². The molecule has 6 nitrogen and oxygen atoms in total. The molecule has 1 aliphatic heterocycles. The fourth-order valence-corrected chi connectivity index (χ4v) is 5.00. The first-order valence-corrected chi connectivity index (χ1v) is 12.1. The molecule has 1 N–H and O–H groups in total. The number of nitrogens with zero attached hydrogens (tertiary/aromatic N) is 4. The largest absolute Gasteiger partial charge is 0.341 e. The van der Waals surface area contributed by atoms with Crippen LogP contribution in [0.5, 0.6) is 0 Å². The number of thioether (sulfide) groups is 1. The van der Waals surface area contributed by atoms with Gasteiger partial charge < -0.3 is 10.2 Å². The molecule has 4 rings (SSSR count). The van der Waals surface area contributed by atoms with Gasteiger partial charge in [-0.05, 0) is 63.0 Å². The summed E-state index contributed by atoms with van der Waals surface area (Å²) in [5, 5.41) is 12.8. The maximum Gasteiger partial charge on any atom is 0.237 e. The number of benzene rings is 1. The molecule has 2 fully saturated rings. The molecule has 1 amide bonds. The van der Waals surface area contributed by atoms with Crippen LogP contribution in [0.3, 0.4) is 0 Å². The monoisotopic (exact) mass is 427 g/mol. The molecule has 1 aromatic carbocycles. The van der Waals surface area contributed by atoms with Gasteiger partial charge in [-0.15, -0.1) is 10.2 Å². The van der Waals surface area contributed by atoms with Gasteiger partial charge in [0.15, 0.2) is 5.16 Å². The summed E-state index contributed by atoms with van der Waals surface area (Å²) >= 11 is 1.52. The molecular weight excluding hydrogens is 394 g/mol. The van der Waals surface area contributed by atoms with Crippen LogP contribution in [0.15, 0.2) is 23.4 Å². The SMILES string of the molecule is Cc1cccc(C(C)C)c1NC(=O)C(C)Sc1nnc(N2CCCCC2)n1C1CC1. The predicted molar refractivity (Wildman–Crippen MR) is 124 cm³/mol. The normalized spacial score (nSPS) is 18.0. The van der Waals surface area contributed by atoms with Crippen molar-refractivity contribution in [2.45, 2.75) is 82.2 Å². The quantitative estimate of drug-likeness (QED) is 0.619. The number of aryl methyl sites for hydroxylation is 1. The van der Waals surface area contributed by atoms with Gasteiger partial charge in [-0.3, -0.25) is 9.36 Å². The van der Waals surface area contributed by atoms with Crippen molar-refractivity contribution in [3.63, 3.8) is 0 Å². The summed E-state index contributed by atoms with van der Waals surface area (Å²) in [4.78, 5) is 15.4. The van der Waals surface area contributed by atoms with Crippen molar-refractivity contribution in [2.24, 2.45) is 0 Å². The van der Waals surface area contributed by atoms with Gasteiger partial charge in [-0.2, -0.15) is 0 Å². The molecule has 1 unspecified atom stereocenters. The summed E-state index contributed by atoms with van der Waals surface area (Å²) in [6.45, 7) is 10.4. The van der Waals surface area contributed by atoms with Crippen LogP contribution in [0.2, 0.25) is 0 Å². The lowest BCUT2D eigenvalue weighted by Gasteiger charge is -2.28. The van der Waals surface area contributed by atoms with Crippen molar-refractivity contribution >= 4 is 29.3 Å². The van der Waals surface area contributed by atoms with E-state index < -0.39 is 0 Å². The molecule has 1 atom stereocenters. The molecule has 7 heteroatoms. The van der Waals surface area contributed by atoms with Crippen molar-refractivity contribution in [1.82, 2.24) is 14.8 Å². The second-order valence-corrected chi connectivity index (χ2v) is 10.2. The topological polar surface area (TPSA) is 63.1 Å². The van der Waals surface area contributed by atoms with Crippen molar-refractivity contribution in [3.8, 4) is 0 Å². The number of rotatable bonds is 7. The molecule has 1 aromatic heterocycles. The highest BCUT2D eigenvalue weighted by molar-refractivity contribution is 8.00. The molecule has 0 bridgehead atoms. The van der Waals surface area contributed by atoms with Crippen molar-refractivity contribution < 1.29 is 4.79 Å². The van der Waals surface area contributed by atoms with Crippen molar-refractivity contribution in [3.05, 3.63) is 29.3 Å². The van der Waals surface area contributed by atoms with Gasteiger partial charge in [0.05, 0.1) is 5.25 Å².